The fourth-order valence-electron chi connectivity index (χ4n) is 3.02. The Bertz CT molecular complexity index is 1350. The molecule has 37 heavy (non-hydrogen) atoms. The zero-order valence-corrected chi connectivity index (χ0v) is 17.5. The highest BCUT2D eigenvalue weighted by Gasteiger charge is 2.41. The molecule has 3 aromatic carbocycles. The van der Waals surface area contributed by atoms with Gasteiger partial charge in [0.15, 0.2) is 23.1 Å². The van der Waals surface area contributed by atoms with Gasteiger partial charge in [-0.05, 0) is 12.1 Å². The summed E-state index contributed by atoms with van der Waals surface area (Å²) in [6.45, 7) is 0. The van der Waals surface area contributed by atoms with Gasteiger partial charge in [0.25, 0.3) is 0 Å². The molecule has 0 fully saturated rings. The number of benzene rings is 3. The highest BCUT2D eigenvalue weighted by atomic mass is 19.4. The van der Waals surface area contributed by atoms with Crippen LogP contribution in [0.2, 0.25) is 0 Å². The van der Waals surface area contributed by atoms with Crippen LogP contribution in [-0.2, 0) is 18.5 Å². The monoisotopic (exact) mass is 550 g/mol. The molecule has 3 aromatic rings. The van der Waals surface area contributed by atoms with Crippen LogP contribution < -0.4 is 20.9 Å². The number of hydrogen-bond acceptors (Lipinski definition) is 4. The van der Waals surface area contributed by atoms with E-state index in [1.165, 1.54) is 0 Å². The first-order chi connectivity index (χ1) is 16.8. The molecule has 0 atom stereocenters. The van der Waals surface area contributed by atoms with Crippen molar-refractivity contribution in [2.75, 3.05) is 11.5 Å². The van der Waals surface area contributed by atoms with Gasteiger partial charge in [-0.2, -0.15) is 39.5 Å². The quantitative estimate of drug-likeness (QED) is 0.256. The lowest BCUT2D eigenvalue weighted by molar-refractivity contribution is -0.142. The van der Waals surface area contributed by atoms with Crippen molar-refractivity contribution in [2.45, 2.75) is 18.5 Å². The fourth-order valence-corrected chi connectivity index (χ4v) is 3.02. The number of hydrogen-bond donors (Lipinski definition) is 2. The SMILES string of the molecule is Nc1cc(Oc2cc(F)c(C(F)(F)F)c(Oc3cc(N)cc(C(F)(F)F)c3F)c2)c(F)c(C(F)(F)F)c1. The maximum absolute atomic E-state index is 14.4. The molecular weight excluding hydrogens is 540 g/mol. The first kappa shape index (κ1) is 27.6. The number of ether oxygens (including phenoxy) is 2. The molecule has 0 amide bonds. The van der Waals surface area contributed by atoms with Crippen LogP contribution in [0.25, 0.3) is 0 Å². The molecule has 0 aliphatic rings. The average Bonchev–Trinajstić information content (AvgIpc) is 2.70. The van der Waals surface area contributed by atoms with Crippen molar-refractivity contribution in [3.8, 4) is 23.0 Å². The topological polar surface area (TPSA) is 70.5 Å². The van der Waals surface area contributed by atoms with E-state index in [-0.39, 0.29) is 24.3 Å². The summed E-state index contributed by atoms with van der Waals surface area (Å²) >= 11 is 0. The van der Waals surface area contributed by atoms with Crippen molar-refractivity contribution in [2.24, 2.45) is 0 Å². The molecular formula is C21H10F12N2O2. The van der Waals surface area contributed by atoms with Crippen molar-refractivity contribution in [3.05, 3.63) is 70.5 Å². The maximum atomic E-state index is 14.4. The summed E-state index contributed by atoms with van der Waals surface area (Å²) in [6.07, 6.45) is -16.2. The van der Waals surface area contributed by atoms with Crippen LogP contribution in [-0.4, -0.2) is 0 Å². The van der Waals surface area contributed by atoms with E-state index >= 15 is 0 Å². The standard InChI is InChI=1S/C21H10F12N2O2/c22-12-5-9(36-14-3-7(34)1-10(17(14)23)19(25,26)27)6-13(16(12)21(31,32)33)37-15-4-8(35)2-11(18(15)24)20(28,29)30/h1-6H,34-35H2. The molecule has 200 valence electrons. The molecule has 3 rings (SSSR count). The molecule has 0 heterocycles. The minimum atomic E-state index is -5.58. The molecule has 0 saturated heterocycles. The maximum Gasteiger partial charge on any atom is 0.422 e. The summed E-state index contributed by atoms with van der Waals surface area (Å²) in [5.41, 5.74) is 2.80. The lowest BCUT2D eigenvalue weighted by Gasteiger charge is -2.19. The summed E-state index contributed by atoms with van der Waals surface area (Å²) in [5.74, 6) is -12.1. The molecule has 0 bridgehead atoms. The number of nitrogen functional groups attached to an aromatic ring is 2. The van der Waals surface area contributed by atoms with Gasteiger partial charge >= 0.3 is 18.5 Å². The van der Waals surface area contributed by atoms with Crippen LogP contribution >= 0.6 is 0 Å². The zero-order chi connectivity index (χ0) is 28.1. The van der Waals surface area contributed by atoms with E-state index in [4.69, 9.17) is 16.2 Å². The summed E-state index contributed by atoms with van der Waals surface area (Å²) in [4.78, 5) is 0. The van der Waals surface area contributed by atoms with E-state index < -0.39 is 87.0 Å². The fraction of sp³-hybridized carbons (Fsp3) is 0.143. The van der Waals surface area contributed by atoms with Gasteiger partial charge in [0, 0.05) is 35.6 Å². The summed E-state index contributed by atoms with van der Waals surface area (Å²) in [6, 6.07) is 1.27. The smallest absolute Gasteiger partial charge is 0.422 e. The molecule has 0 spiro atoms. The Morgan fingerprint density at radius 1 is 0.514 bits per heavy atom. The van der Waals surface area contributed by atoms with Crippen molar-refractivity contribution in [1.29, 1.82) is 0 Å². The largest absolute Gasteiger partial charge is 0.454 e. The third-order valence-electron chi connectivity index (χ3n) is 4.49. The van der Waals surface area contributed by atoms with Gasteiger partial charge < -0.3 is 20.9 Å². The summed E-state index contributed by atoms with van der Waals surface area (Å²) < 4.78 is 171. The van der Waals surface area contributed by atoms with E-state index in [1.807, 2.05) is 0 Å². The summed E-state index contributed by atoms with van der Waals surface area (Å²) in [7, 11) is 0. The molecule has 0 aliphatic carbocycles. The highest BCUT2D eigenvalue weighted by Crippen LogP contribution is 2.45. The van der Waals surface area contributed by atoms with Crippen molar-refractivity contribution in [1.82, 2.24) is 0 Å². The summed E-state index contributed by atoms with van der Waals surface area (Å²) in [5, 5.41) is 0. The Balaban J connectivity index is 2.17. The Kier molecular flexibility index (Phi) is 6.83. The van der Waals surface area contributed by atoms with Crippen LogP contribution in [0, 0.1) is 17.5 Å². The van der Waals surface area contributed by atoms with Crippen LogP contribution in [0.1, 0.15) is 16.7 Å². The third kappa shape index (κ3) is 5.89. The van der Waals surface area contributed by atoms with Gasteiger partial charge in [-0.25, -0.2) is 13.2 Å². The van der Waals surface area contributed by atoms with Gasteiger partial charge in [0.1, 0.15) is 22.9 Å². The predicted octanol–water partition coefficient (Wildman–Crippen LogP) is 7.91. The second kappa shape index (κ2) is 9.15. The minimum Gasteiger partial charge on any atom is -0.454 e. The predicted molar refractivity (Wildman–Crippen MR) is 103 cm³/mol. The van der Waals surface area contributed by atoms with Gasteiger partial charge in [-0.1, -0.05) is 0 Å². The molecule has 0 radical (unpaired) electrons. The second-order valence-corrected chi connectivity index (χ2v) is 7.24. The number of halogens is 12. The van der Waals surface area contributed by atoms with Crippen molar-refractivity contribution >= 4 is 11.4 Å². The van der Waals surface area contributed by atoms with Gasteiger partial charge in [0.2, 0.25) is 0 Å². The lowest BCUT2D eigenvalue weighted by atomic mass is 10.1. The third-order valence-corrected chi connectivity index (χ3v) is 4.49. The molecule has 4 nitrogen and oxygen atoms in total. The van der Waals surface area contributed by atoms with Crippen LogP contribution in [0.15, 0.2) is 36.4 Å². The lowest BCUT2D eigenvalue weighted by Crippen LogP contribution is -2.13. The van der Waals surface area contributed by atoms with Crippen LogP contribution in [0.3, 0.4) is 0 Å². The Morgan fingerprint density at radius 3 is 1.35 bits per heavy atom. The van der Waals surface area contributed by atoms with Gasteiger partial charge in [-0.15, -0.1) is 0 Å². The van der Waals surface area contributed by atoms with Crippen LogP contribution in [0.5, 0.6) is 23.0 Å². The number of nitrogens with two attached hydrogens (primary N) is 2. The zero-order valence-electron chi connectivity index (χ0n) is 17.5. The van der Waals surface area contributed by atoms with Gasteiger partial charge in [-0.3, -0.25) is 0 Å². The Hall–Kier alpha value is -3.98. The Labute approximate surface area is 198 Å². The van der Waals surface area contributed by atoms with Gasteiger partial charge in [0.05, 0.1) is 11.1 Å². The normalized spacial score (nSPS) is 12.5. The number of alkyl halides is 9. The van der Waals surface area contributed by atoms with E-state index in [2.05, 4.69) is 4.74 Å². The average molecular weight is 550 g/mol. The first-order valence-electron chi connectivity index (χ1n) is 9.38. The molecule has 4 N–H and O–H groups in total. The van der Waals surface area contributed by atoms with Crippen molar-refractivity contribution < 1.29 is 62.2 Å². The molecule has 0 aromatic heterocycles. The molecule has 0 aliphatic heterocycles. The van der Waals surface area contributed by atoms with E-state index in [9.17, 15) is 52.7 Å². The molecule has 16 heteroatoms. The van der Waals surface area contributed by atoms with Crippen LogP contribution in [0.4, 0.5) is 64.1 Å². The van der Waals surface area contributed by atoms with E-state index in [1.54, 1.807) is 0 Å². The van der Waals surface area contributed by atoms with Crippen molar-refractivity contribution in [3.63, 3.8) is 0 Å². The van der Waals surface area contributed by atoms with E-state index in [0.717, 1.165) is 0 Å². The highest BCUT2D eigenvalue weighted by molar-refractivity contribution is 5.54. The molecule has 0 unspecified atom stereocenters. The number of rotatable bonds is 4. The molecule has 0 saturated carbocycles. The van der Waals surface area contributed by atoms with E-state index in [0.29, 0.717) is 12.1 Å². The Morgan fingerprint density at radius 2 is 0.946 bits per heavy atom. The first-order valence-corrected chi connectivity index (χ1v) is 9.38. The number of anilines is 2. The second-order valence-electron chi connectivity index (χ2n) is 7.24. The minimum absolute atomic E-state index is 0.0254.